The number of hydrogen-bond acceptors (Lipinski definition) is 3. The number of aryl methyl sites for hydroxylation is 1. The maximum absolute atomic E-state index is 13.9. The number of nitrogens with one attached hydrogen (secondary N) is 1. The molecule has 180 valence electrons. The van der Waals surface area contributed by atoms with E-state index in [-0.39, 0.29) is 35.9 Å². The van der Waals surface area contributed by atoms with Gasteiger partial charge in [0.1, 0.15) is 5.75 Å². The van der Waals surface area contributed by atoms with Crippen molar-refractivity contribution in [3.8, 4) is 5.75 Å². The van der Waals surface area contributed by atoms with Gasteiger partial charge in [0, 0.05) is 47.6 Å². The highest BCUT2D eigenvalue weighted by Gasteiger charge is 2.58. The number of carbonyl (C=O) groups is 1. The lowest BCUT2D eigenvalue weighted by atomic mass is 9.58. The second-order valence-electron chi connectivity index (χ2n) is 10.1. The van der Waals surface area contributed by atoms with Gasteiger partial charge < -0.3 is 14.8 Å². The quantitative estimate of drug-likeness (QED) is 0.449. The number of hydrogen-bond donors (Lipinski definition) is 2. The van der Waals surface area contributed by atoms with Crippen molar-refractivity contribution in [2.45, 2.75) is 57.5 Å². The zero-order chi connectivity index (χ0) is 24.3. The SMILES string of the molecule is COc1cc(C)c2[nH]ccc2c1C(C)N1CCC2(CC1c1ccc(C(=O)O)cc1)CC(F)(F)C2. The Morgan fingerprint density at radius 3 is 2.56 bits per heavy atom. The molecule has 5 rings (SSSR count). The summed E-state index contributed by atoms with van der Waals surface area (Å²) in [6.45, 7) is 4.88. The molecular formula is C27H30F2N2O3. The first-order valence-corrected chi connectivity index (χ1v) is 11.7. The van der Waals surface area contributed by atoms with Crippen LogP contribution in [0, 0.1) is 12.3 Å². The molecule has 2 heterocycles. The largest absolute Gasteiger partial charge is 0.496 e. The lowest BCUT2D eigenvalue weighted by molar-refractivity contribution is -0.188. The number of likely N-dealkylation sites (tertiary alicyclic amines) is 1. The number of rotatable bonds is 5. The van der Waals surface area contributed by atoms with Crippen molar-refractivity contribution in [2.75, 3.05) is 13.7 Å². The van der Waals surface area contributed by atoms with Crippen LogP contribution in [-0.4, -0.2) is 40.5 Å². The average Bonchev–Trinajstić information content (AvgIpc) is 3.27. The summed E-state index contributed by atoms with van der Waals surface area (Å²) in [7, 11) is 1.67. The first-order valence-electron chi connectivity index (χ1n) is 11.7. The predicted molar refractivity (Wildman–Crippen MR) is 127 cm³/mol. The van der Waals surface area contributed by atoms with Crippen LogP contribution in [0.1, 0.15) is 71.7 Å². The van der Waals surface area contributed by atoms with Gasteiger partial charge in [0.15, 0.2) is 0 Å². The number of halogens is 2. The molecule has 1 saturated heterocycles. The van der Waals surface area contributed by atoms with E-state index in [0.29, 0.717) is 13.0 Å². The molecule has 0 radical (unpaired) electrons. The number of aromatic amines is 1. The molecule has 2 N–H and O–H groups in total. The van der Waals surface area contributed by atoms with E-state index in [9.17, 15) is 18.7 Å². The van der Waals surface area contributed by atoms with Gasteiger partial charge >= 0.3 is 5.97 Å². The number of nitrogens with zero attached hydrogens (tertiary/aromatic N) is 1. The molecule has 1 aliphatic heterocycles. The summed E-state index contributed by atoms with van der Waals surface area (Å²) >= 11 is 0. The van der Waals surface area contributed by atoms with Gasteiger partial charge in [-0.2, -0.15) is 0 Å². The highest BCUT2D eigenvalue weighted by molar-refractivity contribution is 5.89. The van der Waals surface area contributed by atoms with Crippen molar-refractivity contribution in [2.24, 2.45) is 5.41 Å². The van der Waals surface area contributed by atoms with Crippen LogP contribution in [0.3, 0.4) is 0 Å². The Hall–Kier alpha value is -2.93. The van der Waals surface area contributed by atoms with Gasteiger partial charge in [0.25, 0.3) is 0 Å². The van der Waals surface area contributed by atoms with Gasteiger partial charge in [-0.3, -0.25) is 4.90 Å². The molecule has 3 aromatic rings. The molecule has 2 aliphatic rings. The fourth-order valence-electron chi connectivity index (χ4n) is 6.30. The number of fused-ring (bicyclic) bond motifs is 1. The lowest BCUT2D eigenvalue weighted by Gasteiger charge is -2.55. The fraction of sp³-hybridized carbons (Fsp3) is 0.444. The smallest absolute Gasteiger partial charge is 0.335 e. The van der Waals surface area contributed by atoms with Crippen LogP contribution in [0.2, 0.25) is 0 Å². The van der Waals surface area contributed by atoms with E-state index in [2.05, 4.69) is 22.9 Å². The number of aromatic nitrogens is 1. The number of carboxylic acid groups (broad SMARTS) is 1. The molecule has 1 spiro atoms. The second kappa shape index (κ2) is 8.08. The van der Waals surface area contributed by atoms with Gasteiger partial charge in [-0.15, -0.1) is 0 Å². The van der Waals surface area contributed by atoms with Crippen molar-refractivity contribution in [1.82, 2.24) is 9.88 Å². The molecule has 2 aromatic carbocycles. The van der Waals surface area contributed by atoms with Crippen molar-refractivity contribution >= 4 is 16.9 Å². The average molecular weight is 469 g/mol. The molecule has 5 nitrogen and oxygen atoms in total. The third kappa shape index (κ3) is 3.76. The summed E-state index contributed by atoms with van der Waals surface area (Å²) in [6, 6.07) is 10.9. The Morgan fingerprint density at radius 2 is 1.94 bits per heavy atom. The minimum absolute atomic E-state index is 0.0315. The molecular weight excluding hydrogens is 438 g/mol. The van der Waals surface area contributed by atoms with Gasteiger partial charge in [0.2, 0.25) is 5.92 Å². The Labute approximate surface area is 197 Å². The Balaban J connectivity index is 1.55. The van der Waals surface area contributed by atoms with Crippen LogP contribution in [0.25, 0.3) is 10.9 Å². The van der Waals surface area contributed by atoms with Crippen LogP contribution in [-0.2, 0) is 0 Å². The van der Waals surface area contributed by atoms with E-state index in [1.807, 2.05) is 31.3 Å². The first kappa shape index (κ1) is 22.8. The minimum atomic E-state index is -2.58. The van der Waals surface area contributed by atoms with Crippen molar-refractivity contribution < 1.29 is 23.4 Å². The van der Waals surface area contributed by atoms with Gasteiger partial charge in [0.05, 0.1) is 12.7 Å². The summed E-state index contributed by atoms with van der Waals surface area (Å²) in [6.07, 6.45) is 3.14. The number of H-pyrrole nitrogens is 1. The van der Waals surface area contributed by atoms with Crippen LogP contribution < -0.4 is 4.74 Å². The number of ether oxygens (including phenoxy) is 1. The maximum atomic E-state index is 13.9. The van der Waals surface area contributed by atoms with E-state index in [1.165, 1.54) is 0 Å². The van der Waals surface area contributed by atoms with E-state index in [4.69, 9.17) is 4.74 Å². The van der Waals surface area contributed by atoms with Crippen molar-refractivity contribution in [3.05, 3.63) is 64.8 Å². The summed E-state index contributed by atoms with van der Waals surface area (Å²) < 4.78 is 33.7. The zero-order valence-corrected chi connectivity index (χ0v) is 19.7. The summed E-state index contributed by atoms with van der Waals surface area (Å²) in [4.78, 5) is 17.1. The molecule has 1 saturated carbocycles. The van der Waals surface area contributed by atoms with E-state index in [1.54, 1.807) is 19.2 Å². The number of piperidine rings is 1. The highest BCUT2D eigenvalue weighted by Crippen LogP contribution is 2.61. The van der Waals surface area contributed by atoms with Gasteiger partial charge in [-0.1, -0.05) is 12.1 Å². The normalized spacial score (nSPS) is 22.4. The van der Waals surface area contributed by atoms with Crippen LogP contribution >= 0.6 is 0 Å². The number of methoxy groups -OCH3 is 1. The minimum Gasteiger partial charge on any atom is -0.496 e. The zero-order valence-electron chi connectivity index (χ0n) is 19.7. The van der Waals surface area contributed by atoms with Gasteiger partial charge in [-0.25, -0.2) is 13.6 Å². The second-order valence-corrected chi connectivity index (χ2v) is 10.1. The number of carboxylic acids is 1. The first-order chi connectivity index (χ1) is 16.1. The van der Waals surface area contributed by atoms with Crippen molar-refractivity contribution in [1.29, 1.82) is 0 Å². The van der Waals surface area contributed by atoms with E-state index >= 15 is 0 Å². The molecule has 1 aliphatic carbocycles. The van der Waals surface area contributed by atoms with Crippen LogP contribution in [0.5, 0.6) is 5.75 Å². The molecule has 2 unspecified atom stereocenters. The van der Waals surface area contributed by atoms with E-state index in [0.717, 1.165) is 39.8 Å². The third-order valence-electron chi connectivity index (χ3n) is 7.92. The summed E-state index contributed by atoms with van der Waals surface area (Å²) in [5.41, 5.74) is 4.06. The molecule has 7 heteroatoms. The summed E-state index contributed by atoms with van der Waals surface area (Å²) in [5, 5.41) is 10.4. The lowest BCUT2D eigenvalue weighted by Crippen LogP contribution is -2.53. The number of alkyl halides is 2. The molecule has 2 atom stereocenters. The molecule has 0 amide bonds. The summed E-state index contributed by atoms with van der Waals surface area (Å²) in [5.74, 6) is -2.74. The highest BCUT2D eigenvalue weighted by atomic mass is 19.3. The van der Waals surface area contributed by atoms with Crippen LogP contribution in [0.15, 0.2) is 42.6 Å². The third-order valence-corrected chi connectivity index (χ3v) is 7.92. The molecule has 2 fully saturated rings. The Bertz CT molecular complexity index is 1230. The fourth-order valence-corrected chi connectivity index (χ4v) is 6.30. The molecule has 0 bridgehead atoms. The standard InChI is InChI=1S/C27H30F2N2O3/c1-16-12-22(34-3)23(20-8-10-30-24(16)20)17(2)31-11-9-26(14-27(28,29)15-26)13-21(31)18-4-6-19(7-5-18)25(32)33/h4-8,10,12,17,21,30H,9,11,13-15H2,1-3H3,(H,32,33). The Kier molecular flexibility index (Phi) is 5.43. The van der Waals surface area contributed by atoms with Gasteiger partial charge in [-0.05, 0) is 74.0 Å². The maximum Gasteiger partial charge on any atom is 0.335 e. The van der Waals surface area contributed by atoms with E-state index < -0.39 is 11.9 Å². The predicted octanol–water partition coefficient (Wildman–Crippen LogP) is 6.50. The van der Waals surface area contributed by atoms with Crippen LogP contribution in [0.4, 0.5) is 8.78 Å². The number of benzene rings is 2. The Morgan fingerprint density at radius 1 is 1.24 bits per heavy atom. The monoisotopic (exact) mass is 468 g/mol. The van der Waals surface area contributed by atoms with Crippen molar-refractivity contribution in [3.63, 3.8) is 0 Å². The topological polar surface area (TPSA) is 65.6 Å². The molecule has 1 aromatic heterocycles. The number of aromatic carboxylic acids is 1. The molecule has 34 heavy (non-hydrogen) atoms.